The van der Waals surface area contributed by atoms with E-state index in [1.807, 2.05) is 18.2 Å². The molecule has 0 saturated carbocycles. The van der Waals surface area contributed by atoms with E-state index >= 15 is 0 Å². The summed E-state index contributed by atoms with van der Waals surface area (Å²) in [5.41, 5.74) is 4.80. The molecule has 2 N–H and O–H groups in total. The van der Waals surface area contributed by atoms with Crippen molar-refractivity contribution in [1.29, 1.82) is 0 Å². The lowest BCUT2D eigenvalue weighted by Crippen LogP contribution is -2.48. The Hall–Kier alpha value is -2.86. The molecule has 0 fully saturated rings. The Bertz CT molecular complexity index is 895. The van der Waals surface area contributed by atoms with Crippen molar-refractivity contribution in [2.75, 3.05) is 32.6 Å². The van der Waals surface area contributed by atoms with E-state index in [0.717, 1.165) is 48.4 Å². The summed E-state index contributed by atoms with van der Waals surface area (Å²) in [5, 5.41) is 11.5. The van der Waals surface area contributed by atoms with Crippen LogP contribution in [0.4, 0.5) is 5.69 Å². The number of quaternary nitrogens is 1. The fourth-order valence-corrected chi connectivity index (χ4v) is 3.97. The van der Waals surface area contributed by atoms with Crippen LogP contribution in [0.5, 0.6) is 5.75 Å². The van der Waals surface area contributed by atoms with Crippen LogP contribution in [0.2, 0.25) is 0 Å². The number of anilines is 1. The van der Waals surface area contributed by atoms with Crippen LogP contribution in [0, 0.1) is 0 Å². The molecular weight excluding hydrogens is 380 g/mol. The monoisotopic (exact) mass is 411 g/mol. The number of rotatable bonds is 9. The summed E-state index contributed by atoms with van der Waals surface area (Å²) in [5.74, 6) is -0.0926. The molecular formula is C24H31N2O4+. The highest BCUT2D eigenvalue weighted by Crippen LogP contribution is 2.27. The van der Waals surface area contributed by atoms with E-state index in [4.69, 9.17) is 9.84 Å². The van der Waals surface area contributed by atoms with Gasteiger partial charge in [0, 0.05) is 36.9 Å². The number of hydrogen-bond acceptors (Lipinski definition) is 3. The van der Waals surface area contributed by atoms with Crippen LogP contribution in [0.25, 0.3) is 0 Å². The first kappa shape index (κ1) is 21.8. The Kier molecular flexibility index (Phi) is 7.11. The second-order valence-corrected chi connectivity index (χ2v) is 8.35. The molecule has 6 nitrogen and oxygen atoms in total. The number of methoxy groups -OCH3 is 1. The van der Waals surface area contributed by atoms with Gasteiger partial charge in [-0.2, -0.15) is 0 Å². The van der Waals surface area contributed by atoms with Gasteiger partial charge in [0.15, 0.2) is 0 Å². The normalized spacial score (nSPS) is 17.8. The van der Waals surface area contributed by atoms with Gasteiger partial charge in [0.1, 0.15) is 12.3 Å². The Morgan fingerprint density at radius 1 is 1.10 bits per heavy atom. The minimum absolute atomic E-state index is 0.0153. The zero-order valence-electron chi connectivity index (χ0n) is 17.8. The summed E-state index contributed by atoms with van der Waals surface area (Å²) in [6.45, 7) is 3.21. The SMILES string of the molecule is COc1ccc2c(c1)CC[N+](C)(CCc1ccc(NC(=O)CCCC(=O)O)cc1)C2. The lowest BCUT2D eigenvalue weighted by atomic mass is 9.97. The van der Waals surface area contributed by atoms with Gasteiger partial charge in [0.05, 0.1) is 27.2 Å². The van der Waals surface area contributed by atoms with Crippen LogP contribution in [0.1, 0.15) is 36.0 Å². The van der Waals surface area contributed by atoms with Crippen molar-refractivity contribution in [3.05, 3.63) is 59.2 Å². The van der Waals surface area contributed by atoms with Crippen molar-refractivity contribution in [3.8, 4) is 5.75 Å². The standard InChI is InChI=1S/C24H30N2O4/c1-26(15-13-19-16-22(30-2)11-8-20(19)17-26)14-12-18-6-9-21(10-7-18)25-23(27)4-3-5-24(28)29/h6-11,16H,3-5,12-15,17H2,1-2H3,(H-,25,27,28,29)/p+1. The predicted molar refractivity (Wildman–Crippen MR) is 117 cm³/mol. The van der Waals surface area contributed by atoms with E-state index in [0.29, 0.717) is 6.42 Å². The second-order valence-electron chi connectivity index (χ2n) is 8.35. The van der Waals surface area contributed by atoms with Gasteiger partial charge in [-0.3, -0.25) is 9.59 Å². The first-order valence-corrected chi connectivity index (χ1v) is 10.5. The van der Waals surface area contributed by atoms with Gasteiger partial charge >= 0.3 is 5.97 Å². The quantitative estimate of drug-likeness (QED) is 0.618. The van der Waals surface area contributed by atoms with E-state index in [2.05, 4.69) is 36.6 Å². The van der Waals surface area contributed by atoms with Crippen molar-refractivity contribution < 1.29 is 23.9 Å². The summed E-state index contributed by atoms with van der Waals surface area (Å²) in [4.78, 5) is 22.4. The van der Waals surface area contributed by atoms with E-state index in [9.17, 15) is 9.59 Å². The molecule has 1 aliphatic rings. The van der Waals surface area contributed by atoms with Crippen LogP contribution >= 0.6 is 0 Å². The maximum Gasteiger partial charge on any atom is 0.303 e. The maximum absolute atomic E-state index is 11.9. The number of carboxylic acid groups (broad SMARTS) is 1. The molecule has 30 heavy (non-hydrogen) atoms. The van der Waals surface area contributed by atoms with Gasteiger partial charge in [-0.25, -0.2) is 0 Å². The minimum Gasteiger partial charge on any atom is -0.497 e. The molecule has 0 spiro atoms. The summed E-state index contributed by atoms with van der Waals surface area (Å²) in [6.07, 6.45) is 2.63. The fraction of sp³-hybridized carbons (Fsp3) is 0.417. The van der Waals surface area contributed by atoms with Crippen molar-refractivity contribution in [2.45, 2.75) is 38.6 Å². The molecule has 1 aliphatic heterocycles. The van der Waals surface area contributed by atoms with E-state index < -0.39 is 5.97 Å². The molecule has 0 saturated heterocycles. The average Bonchev–Trinajstić information content (AvgIpc) is 2.72. The molecule has 6 heteroatoms. The Morgan fingerprint density at radius 3 is 2.57 bits per heavy atom. The zero-order chi connectivity index (χ0) is 21.6. The van der Waals surface area contributed by atoms with Crippen LogP contribution in [-0.4, -0.2) is 48.7 Å². The fourth-order valence-electron chi connectivity index (χ4n) is 3.97. The molecule has 1 amide bonds. The summed E-state index contributed by atoms with van der Waals surface area (Å²) >= 11 is 0. The van der Waals surface area contributed by atoms with E-state index in [-0.39, 0.29) is 18.7 Å². The van der Waals surface area contributed by atoms with Gasteiger partial charge in [-0.15, -0.1) is 0 Å². The van der Waals surface area contributed by atoms with Gasteiger partial charge in [-0.05, 0) is 47.9 Å². The number of carbonyl (C=O) groups excluding carboxylic acids is 1. The Balaban J connectivity index is 1.50. The van der Waals surface area contributed by atoms with Gasteiger partial charge < -0.3 is 19.6 Å². The lowest BCUT2D eigenvalue weighted by Gasteiger charge is -2.39. The minimum atomic E-state index is -0.875. The van der Waals surface area contributed by atoms with Crippen molar-refractivity contribution in [1.82, 2.24) is 0 Å². The highest BCUT2D eigenvalue weighted by molar-refractivity contribution is 5.90. The molecule has 0 aliphatic carbocycles. The van der Waals surface area contributed by atoms with Crippen molar-refractivity contribution in [3.63, 3.8) is 0 Å². The third-order valence-corrected chi connectivity index (χ3v) is 5.86. The second kappa shape index (κ2) is 9.76. The molecule has 160 valence electrons. The average molecular weight is 412 g/mol. The first-order valence-electron chi connectivity index (χ1n) is 10.5. The highest BCUT2D eigenvalue weighted by Gasteiger charge is 2.28. The van der Waals surface area contributed by atoms with Crippen molar-refractivity contribution in [2.24, 2.45) is 0 Å². The van der Waals surface area contributed by atoms with Crippen LogP contribution in [0.15, 0.2) is 42.5 Å². The largest absolute Gasteiger partial charge is 0.497 e. The molecule has 0 radical (unpaired) electrons. The number of hydrogen-bond donors (Lipinski definition) is 2. The molecule has 2 aromatic rings. The van der Waals surface area contributed by atoms with Gasteiger partial charge in [0.2, 0.25) is 5.91 Å². The first-order chi connectivity index (χ1) is 14.4. The van der Waals surface area contributed by atoms with Gasteiger partial charge in [-0.1, -0.05) is 12.1 Å². The molecule has 2 aromatic carbocycles. The van der Waals surface area contributed by atoms with Crippen LogP contribution < -0.4 is 10.1 Å². The Labute approximate surface area is 178 Å². The van der Waals surface area contributed by atoms with Crippen LogP contribution in [0.3, 0.4) is 0 Å². The number of carboxylic acids is 1. The molecule has 1 heterocycles. The number of nitrogens with one attached hydrogen (secondary N) is 1. The maximum atomic E-state index is 11.9. The summed E-state index contributed by atoms with van der Waals surface area (Å²) in [7, 11) is 4.03. The smallest absolute Gasteiger partial charge is 0.303 e. The molecule has 1 unspecified atom stereocenters. The number of benzene rings is 2. The number of amides is 1. The summed E-state index contributed by atoms with van der Waals surface area (Å²) < 4.78 is 6.36. The predicted octanol–water partition coefficient (Wildman–Crippen LogP) is 3.63. The number of likely N-dealkylation sites (N-methyl/N-ethyl adjacent to an activating group) is 1. The van der Waals surface area contributed by atoms with Crippen LogP contribution in [-0.2, 0) is 29.0 Å². The number of nitrogens with zero attached hydrogens (tertiary/aromatic N) is 1. The number of fused-ring (bicyclic) bond motifs is 1. The molecule has 0 aromatic heterocycles. The Morgan fingerprint density at radius 2 is 1.87 bits per heavy atom. The third kappa shape index (κ3) is 6.07. The molecule has 0 bridgehead atoms. The number of carbonyl (C=O) groups is 2. The zero-order valence-corrected chi connectivity index (χ0v) is 17.8. The number of ether oxygens (including phenoxy) is 1. The highest BCUT2D eigenvalue weighted by atomic mass is 16.5. The molecule has 3 rings (SSSR count). The topological polar surface area (TPSA) is 75.6 Å². The number of aliphatic carboxylic acids is 1. The van der Waals surface area contributed by atoms with E-state index in [1.54, 1.807) is 7.11 Å². The van der Waals surface area contributed by atoms with Gasteiger partial charge in [0.25, 0.3) is 0 Å². The van der Waals surface area contributed by atoms with E-state index in [1.165, 1.54) is 16.7 Å². The summed E-state index contributed by atoms with van der Waals surface area (Å²) in [6, 6.07) is 14.3. The molecule has 1 atom stereocenters. The third-order valence-electron chi connectivity index (χ3n) is 5.86. The van der Waals surface area contributed by atoms with Crippen molar-refractivity contribution >= 4 is 17.6 Å². The lowest BCUT2D eigenvalue weighted by molar-refractivity contribution is -0.924.